The molecular weight excluding hydrogens is 176 g/mol. The molecule has 0 unspecified atom stereocenters. The highest BCUT2D eigenvalue weighted by Crippen LogP contribution is 2.25. The van der Waals surface area contributed by atoms with Crippen molar-refractivity contribution in [2.45, 2.75) is 6.42 Å². The molecule has 2 nitrogen and oxygen atoms in total. The van der Waals surface area contributed by atoms with Crippen LogP contribution in [0.3, 0.4) is 0 Å². The zero-order chi connectivity index (χ0) is 8.97. The van der Waals surface area contributed by atoms with Crippen molar-refractivity contribution in [2.75, 3.05) is 6.61 Å². The Morgan fingerprint density at radius 1 is 1.42 bits per heavy atom. The van der Waals surface area contributed by atoms with Crippen LogP contribution in [0.5, 0.6) is 0 Å². The summed E-state index contributed by atoms with van der Waals surface area (Å²) >= 11 is 4.57. The zero-order valence-electron chi connectivity index (χ0n) is 6.46. The van der Waals surface area contributed by atoms with Crippen molar-refractivity contribution in [1.29, 1.82) is 0 Å². The third-order valence-corrected chi connectivity index (χ3v) is 1.62. The second-order valence-electron chi connectivity index (χ2n) is 2.46. The average molecular weight is 185 g/mol. The highest BCUT2D eigenvalue weighted by Gasteiger charge is 2.12. The van der Waals surface area contributed by atoms with Crippen molar-refractivity contribution in [3.05, 3.63) is 35.4 Å². The quantitative estimate of drug-likeness (QED) is 0.680. The Morgan fingerprint density at radius 2 is 1.83 bits per heavy atom. The van der Waals surface area contributed by atoms with Crippen LogP contribution in [0, 0.1) is 0 Å². The molecule has 0 amide bonds. The number of carbonyl (C=O) groups excluding carboxylic acids is 1. The molecule has 0 spiro atoms. The molecule has 3 heteroatoms. The molecule has 1 aliphatic carbocycles. The lowest BCUT2D eigenvalue weighted by Gasteiger charge is -1.69. The molecule has 0 atom stereocenters. The Hall–Kier alpha value is -0.860. The summed E-state index contributed by atoms with van der Waals surface area (Å²) in [6, 6.07) is 8.53. The highest BCUT2D eigenvalue weighted by molar-refractivity contribution is 6.63. The average Bonchev–Trinajstić information content (AvgIpc) is 2.83. The van der Waals surface area contributed by atoms with Gasteiger partial charge in [-0.1, -0.05) is 24.3 Å². The largest absolute Gasteiger partial charge is 0.387 e. The standard InChI is InChI=1S/C7H6.C2H3ClO2/c1-2-4-7-5-6(7)3-1;3-2(5)1-4/h1-4H,5H2;4H,1H2. The van der Waals surface area contributed by atoms with Crippen molar-refractivity contribution in [2.24, 2.45) is 0 Å². The van der Waals surface area contributed by atoms with Crippen LogP contribution in [-0.2, 0) is 11.2 Å². The number of hydrogen-bond donors (Lipinski definition) is 1. The van der Waals surface area contributed by atoms with Crippen LogP contribution in [0.2, 0.25) is 0 Å². The Labute approximate surface area is 75.8 Å². The van der Waals surface area contributed by atoms with Crippen LogP contribution in [0.1, 0.15) is 11.1 Å². The summed E-state index contributed by atoms with van der Waals surface area (Å²) < 4.78 is 0. The molecule has 0 bridgehead atoms. The molecule has 1 aromatic rings. The first kappa shape index (κ1) is 9.23. The normalized spacial score (nSPS) is 10.8. The second-order valence-corrected chi connectivity index (χ2v) is 2.88. The number of benzene rings is 1. The van der Waals surface area contributed by atoms with E-state index in [0.717, 1.165) is 0 Å². The third kappa shape index (κ3) is 3.03. The minimum absolute atomic E-state index is 0.568. The maximum atomic E-state index is 9.33. The van der Waals surface area contributed by atoms with Gasteiger partial charge in [-0.3, -0.25) is 4.79 Å². The molecule has 64 valence electrons. The lowest BCUT2D eigenvalue weighted by atomic mass is 10.4. The molecule has 0 fully saturated rings. The Balaban J connectivity index is 0.000000130. The Bertz CT molecular complexity index is 263. The number of carbonyl (C=O) groups is 1. The number of aliphatic hydroxyl groups is 1. The van der Waals surface area contributed by atoms with Gasteiger partial charge in [0.25, 0.3) is 0 Å². The number of rotatable bonds is 1. The van der Waals surface area contributed by atoms with Gasteiger partial charge in [0, 0.05) is 0 Å². The van der Waals surface area contributed by atoms with Gasteiger partial charge in [-0.25, -0.2) is 0 Å². The highest BCUT2D eigenvalue weighted by atomic mass is 35.5. The van der Waals surface area contributed by atoms with Crippen LogP contribution >= 0.6 is 11.6 Å². The summed E-state index contributed by atoms with van der Waals surface area (Å²) in [5, 5.41) is 6.94. The molecule has 0 aromatic heterocycles. The molecule has 0 saturated heterocycles. The van der Waals surface area contributed by atoms with Gasteiger partial charge in [-0.2, -0.15) is 0 Å². The fraction of sp³-hybridized carbons (Fsp3) is 0.222. The van der Waals surface area contributed by atoms with E-state index in [2.05, 4.69) is 35.9 Å². The Morgan fingerprint density at radius 3 is 2.08 bits per heavy atom. The first-order valence-electron chi connectivity index (χ1n) is 3.60. The van der Waals surface area contributed by atoms with Crippen molar-refractivity contribution in [3.8, 4) is 0 Å². The fourth-order valence-electron chi connectivity index (χ4n) is 0.836. The summed E-state index contributed by atoms with van der Waals surface area (Å²) in [5.41, 5.74) is 3.06. The lowest BCUT2D eigenvalue weighted by molar-refractivity contribution is -0.114. The van der Waals surface area contributed by atoms with Gasteiger partial charge in [-0.15, -0.1) is 0 Å². The van der Waals surface area contributed by atoms with Crippen molar-refractivity contribution < 1.29 is 9.90 Å². The second kappa shape index (κ2) is 4.24. The van der Waals surface area contributed by atoms with Crippen LogP contribution in [-0.4, -0.2) is 17.0 Å². The zero-order valence-corrected chi connectivity index (χ0v) is 7.21. The van der Waals surface area contributed by atoms with Gasteiger partial charge in [0.2, 0.25) is 5.24 Å². The number of halogens is 1. The first-order valence-corrected chi connectivity index (χ1v) is 3.98. The van der Waals surface area contributed by atoms with Gasteiger partial charge in [0.1, 0.15) is 6.61 Å². The van der Waals surface area contributed by atoms with Gasteiger partial charge in [-0.05, 0) is 29.1 Å². The number of aliphatic hydroxyl groups excluding tert-OH is 1. The predicted molar refractivity (Wildman–Crippen MR) is 47.2 cm³/mol. The maximum Gasteiger partial charge on any atom is 0.247 e. The fourth-order valence-corrected chi connectivity index (χ4v) is 0.836. The smallest absolute Gasteiger partial charge is 0.247 e. The van der Waals surface area contributed by atoms with Crippen LogP contribution in [0.4, 0.5) is 0 Å². The lowest BCUT2D eigenvalue weighted by Crippen LogP contribution is -1.89. The molecule has 0 radical (unpaired) electrons. The molecular formula is C9H9ClO2. The minimum Gasteiger partial charge on any atom is -0.387 e. The van der Waals surface area contributed by atoms with E-state index < -0.39 is 11.8 Å². The minimum atomic E-state index is -0.718. The summed E-state index contributed by atoms with van der Waals surface area (Å²) in [5.74, 6) is 0. The SMILES string of the molecule is O=C(Cl)CO.c1ccc2c(c1)C2. The van der Waals surface area contributed by atoms with E-state index >= 15 is 0 Å². The number of hydrogen-bond acceptors (Lipinski definition) is 2. The third-order valence-electron chi connectivity index (χ3n) is 1.50. The summed E-state index contributed by atoms with van der Waals surface area (Å²) in [4.78, 5) is 9.33. The van der Waals surface area contributed by atoms with E-state index in [9.17, 15) is 4.79 Å². The molecule has 12 heavy (non-hydrogen) atoms. The molecule has 1 aromatic carbocycles. The monoisotopic (exact) mass is 184 g/mol. The molecule has 1 N–H and O–H groups in total. The summed E-state index contributed by atoms with van der Waals surface area (Å²) in [6.45, 7) is -0.568. The topological polar surface area (TPSA) is 37.3 Å². The van der Waals surface area contributed by atoms with Crippen LogP contribution in [0.15, 0.2) is 24.3 Å². The summed E-state index contributed by atoms with van der Waals surface area (Å²) in [6.07, 6.45) is 1.24. The summed E-state index contributed by atoms with van der Waals surface area (Å²) in [7, 11) is 0. The molecule has 2 rings (SSSR count). The van der Waals surface area contributed by atoms with Gasteiger partial charge in [0.15, 0.2) is 0 Å². The van der Waals surface area contributed by atoms with Crippen molar-refractivity contribution >= 4 is 16.8 Å². The van der Waals surface area contributed by atoms with E-state index in [0.29, 0.717) is 0 Å². The van der Waals surface area contributed by atoms with E-state index in [4.69, 9.17) is 5.11 Å². The molecule has 0 aliphatic heterocycles. The van der Waals surface area contributed by atoms with Crippen molar-refractivity contribution in [3.63, 3.8) is 0 Å². The van der Waals surface area contributed by atoms with Gasteiger partial charge >= 0.3 is 0 Å². The first-order chi connectivity index (χ1) is 5.74. The van der Waals surface area contributed by atoms with E-state index in [-0.39, 0.29) is 0 Å². The maximum absolute atomic E-state index is 9.33. The molecule has 0 saturated carbocycles. The van der Waals surface area contributed by atoms with Gasteiger partial charge < -0.3 is 5.11 Å². The van der Waals surface area contributed by atoms with Crippen molar-refractivity contribution in [1.82, 2.24) is 0 Å². The van der Waals surface area contributed by atoms with E-state index in [1.165, 1.54) is 17.5 Å². The molecule has 1 aliphatic rings. The van der Waals surface area contributed by atoms with E-state index in [1.807, 2.05) is 0 Å². The Kier molecular flexibility index (Phi) is 3.26. The number of fused-ring (bicyclic) bond motifs is 1. The predicted octanol–water partition coefficient (Wildman–Crippen LogP) is 1.33. The van der Waals surface area contributed by atoms with Gasteiger partial charge in [0.05, 0.1) is 0 Å². The van der Waals surface area contributed by atoms with Crippen LogP contribution in [0.25, 0.3) is 0 Å². The van der Waals surface area contributed by atoms with Crippen LogP contribution < -0.4 is 0 Å². The molecule has 0 heterocycles. The van der Waals surface area contributed by atoms with E-state index in [1.54, 1.807) is 0 Å².